The Morgan fingerprint density at radius 1 is 1.31 bits per heavy atom. The quantitative estimate of drug-likeness (QED) is 0.856. The molecule has 86 valence electrons. The van der Waals surface area contributed by atoms with Crippen molar-refractivity contribution in [3.05, 3.63) is 36.3 Å². The second-order valence-electron chi connectivity index (χ2n) is 4.15. The number of rotatable bonds is 4. The van der Waals surface area contributed by atoms with Crippen LogP contribution in [-0.2, 0) is 0 Å². The first-order valence-corrected chi connectivity index (χ1v) is 5.88. The molecule has 1 N–H and O–H groups in total. The molecule has 0 aromatic carbocycles. The summed E-state index contributed by atoms with van der Waals surface area (Å²) in [5, 5.41) is 10.2. The van der Waals surface area contributed by atoms with Crippen molar-refractivity contribution >= 4 is 5.65 Å². The fourth-order valence-corrected chi connectivity index (χ4v) is 2.07. The molecule has 0 aliphatic rings. The van der Waals surface area contributed by atoms with Gasteiger partial charge in [0.2, 0.25) is 0 Å². The lowest BCUT2D eigenvalue weighted by Crippen LogP contribution is -2.11. The van der Waals surface area contributed by atoms with E-state index >= 15 is 0 Å². The molecule has 0 amide bonds. The number of aliphatic hydroxyl groups excluding tert-OH is 1. The zero-order chi connectivity index (χ0) is 11.5. The predicted molar refractivity (Wildman–Crippen MR) is 64.2 cm³/mol. The lowest BCUT2D eigenvalue weighted by molar-refractivity contribution is 0.0996. The molecule has 16 heavy (non-hydrogen) atoms. The number of aliphatic hydroxyl groups is 1. The molecule has 0 radical (unpaired) electrons. The van der Waals surface area contributed by atoms with Gasteiger partial charge in [-0.25, -0.2) is 4.98 Å². The standard InChI is InChI=1S/C13H18N2O/c1-3-10(4-2)13(16)11-9-15-8-6-5-7-12(15)14-11/h5-10,13,16H,3-4H2,1-2H3. The van der Waals surface area contributed by atoms with Crippen LogP contribution in [0.15, 0.2) is 30.6 Å². The summed E-state index contributed by atoms with van der Waals surface area (Å²) < 4.78 is 1.95. The Morgan fingerprint density at radius 3 is 2.69 bits per heavy atom. The van der Waals surface area contributed by atoms with E-state index in [1.807, 2.05) is 35.0 Å². The summed E-state index contributed by atoms with van der Waals surface area (Å²) in [6, 6.07) is 5.86. The van der Waals surface area contributed by atoms with E-state index in [-0.39, 0.29) is 0 Å². The van der Waals surface area contributed by atoms with Gasteiger partial charge in [-0.15, -0.1) is 0 Å². The molecule has 0 fully saturated rings. The van der Waals surface area contributed by atoms with Crippen LogP contribution in [0.3, 0.4) is 0 Å². The zero-order valence-corrected chi connectivity index (χ0v) is 9.80. The van der Waals surface area contributed by atoms with Crippen LogP contribution in [0.4, 0.5) is 0 Å². The first-order valence-electron chi connectivity index (χ1n) is 5.88. The predicted octanol–water partition coefficient (Wildman–Crippen LogP) is 2.80. The van der Waals surface area contributed by atoms with Crippen molar-refractivity contribution in [1.29, 1.82) is 0 Å². The number of hydrogen-bond acceptors (Lipinski definition) is 2. The molecule has 2 rings (SSSR count). The summed E-state index contributed by atoms with van der Waals surface area (Å²) in [4.78, 5) is 4.44. The fourth-order valence-electron chi connectivity index (χ4n) is 2.07. The molecule has 0 saturated heterocycles. The first-order chi connectivity index (χ1) is 7.76. The molecular weight excluding hydrogens is 200 g/mol. The Kier molecular flexibility index (Phi) is 3.25. The van der Waals surface area contributed by atoms with Crippen molar-refractivity contribution in [2.45, 2.75) is 32.8 Å². The van der Waals surface area contributed by atoms with Crippen LogP contribution in [0.25, 0.3) is 5.65 Å². The van der Waals surface area contributed by atoms with Crippen LogP contribution < -0.4 is 0 Å². The summed E-state index contributed by atoms with van der Waals surface area (Å²) in [6.45, 7) is 4.21. The molecule has 0 spiro atoms. The Balaban J connectivity index is 2.32. The Hall–Kier alpha value is -1.35. The average molecular weight is 218 g/mol. The Bertz CT molecular complexity index is 427. The van der Waals surface area contributed by atoms with E-state index in [1.54, 1.807) is 0 Å². The van der Waals surface area contributed by atoms with Crippen molar-refractivity contribution < 1.29 is 5.11 Å². The summed E-state index contributed by atoms with van der Waals surface area (Å²) in [6.07, 6.45) is 5.37. The minimum atomic E-state index is -0.449. The maximum atomic E-state index is 10.2. The summed E-state index contributed by atoms with van der Waals surface area (Å²) in [7, 11) is 0. The van der Waals surface area contributed by atoms with Gasteiger partial charge in [-0.3, -0.25) is 0 Å². The molecule has 2 heterocycles. The Labute approximate surface area is 95.8 Å². The number of nitrogens with zero attached hydrogens (tertiary/aromatic N) is 2. The van der Waals surface area contributed by atoms with Gasteiger partial charge < -0.3 is 9.51 Å². The second kappa shape index (κ2) is 4.66. The molecule has 0 bridgehead atoms. The van der Waals surface area contributed by atoms with E-state index in [4.69, 9.17) is 0 Å². The molecule has 2 aromatic heterocycles. The van der Waals surface area contributed by atoms with Crippen molar-refractivity contribution in [3.8, 4) is 0 Å². The van der Waals surface area contributed by atoms with E-state index in [2.05, 4.69) is 18.8 Å². The average Bonchev–Trinajstić information content (AvgIpc) is 2.74. The van der Waals surface area contributed by atoms with Gasteiger partial charge in [-0.1, -0.05) is 32.8 Å². The Morgan fingerprint density at radius 2 is 2.06 bits per heavy atom. The maximum Gasteiger partial charge on any atom is 0.137 e. The van der Waals surface area contributed by atoms with E-state index in [9.17, 15) is 5.11 Å². The number of hydrogen-bond donors (Lipinski definition) is 1. The molecule has 0 aliphatic carbocycles. The minimum Gasteiger partial charge on any atom is -0.386 e. The van der Waals surface area contributed by atoms with E-state index in [0.717, 1.165) is 24.2 Å². The highest BCUT2D eigenvalue weighted by Crippen LogP contribution is 2.26. The molecular formula is C13H18N2O. The van der Waals surface area contributed by atoms with E-state index in [0.29, 0.717) is 5.92 Å². The van der Waals surface area contributed by atoms with Crippen molar-refractivity contribution in [1.82, 2.24) is 9.38 Å². The molecule has 3 heteroatoms. The largest absolute Gasteiger partial charge is 0.386 e. The van der Waals surface area contributed by atoms with E-state index in [1.165, 1.54) is 0 Å². The van der Waals surface area contributed by atoms with Gasteiger partial charge in [0.15, 0.2) is 0 Å². The highest BCUT2D eigenvalue weighted by atomic mass is 16.3. The minimum absolute atomic E-state index is 0.296. The van der Waals surface area contributed by atoms with E-state index < -0.39 is 6.10 Å². The van der Waals surface area contributed by atoms with Crippen molar-refractivity contribution in [3.63, 3.8) is 0 Å². The summed E-state index contributed by atoms with van der Waals surface area (Å²) in [5.41, 5.74) is 1.67. The third-order valence-corrected chi connectivity index (χ3v) is 3.18. The summed E-state index contributed by atoms with van der Waals surface area (Å²) in [5.74, 6) is 0.296. The number of imidazole rings is 1. The van der Waals surface area contributed by atoms with Gasteiger partial charge in [-0.05, 0) is 18.1 Å². The van der Waals surface area contributed by atoms with Crippen molar-refractivity contribution in [2.75, 3.05) is 0 Å². The van der Waals surface area contributed by atoms with Crippen LogP contribution in [0.1, 0.15) is 38.5 Å². The number of pyridine rings is 1. The van der Waals surface area contributed by atoms with Crippen LogP contribution in [0.2, 0.25) is 0 Å². The fraction of sp³-hybridized carbons (Fsp3) is 0.462. The SMILES string of the molecule is CCC(CC)C(O)c1cn2ccccc2n1. The highest BCUT2D eigenvalue weighted by molar-refractivity contribution is 5.39. The second-order valence-corrected chi connectivity index (χ2v) is 4.15. The van der Waals surface area contributed by atoms with Gasteiger partial charge in [0.05, 0.1) is 5.69 Å². The van der Waals surface area contributed by atoms with Crippen LogP contribution in [-0.4, -0.2) is 14.5 Å². The molecule has 1 atom stereocenters. The smallest absolute Gasteiger partial charge is 0.137 e. The van der Waals surface area contributed by atoms with Crippen LogP contribution >= 0.6 is 0 Å². The van der Waals surface area contributed by atoms with Gasteiger partial charge >= 0.3 is 0 Å². The van der Waals surface area contributed by atoms with Gasteiger partial charge in [0.25, 0.3) is 0 Å². The van der Waals surface area contributed by atoms with Gasteiger partial charge in [-0.2, -0.15) is 0 Å². The topological polar surface area (TPSA) is 37.5 Å². The zero-order valence-electron chi connectivity index (χ0n) is 9.80. The third kappa shape index (κ3) is 1.95. The molecule has 0 aliphatic heterocycles. The third-order valence-electron chi connectivity index (χ3n) is 3.18. The molecule has 0 saturated carbocycles. The monoisotopic (exact) mass is 218 g/mol. The lowest BCUT2D eigenvalue weighted by Gasteiger charge is -2.17. The molecule has 1 unspecified atom stereocenters. The highest BCUT2D eigenvalue weighted by Gasteiger charge is 2.20. The molecule has 2 aromatic rings. The lowest BCUT2D eigenvalue weighted by atomic mass is 9.95. The van der Waals surface area contributed by atoms with Crippen molar-refractivity contribution in [2.24, 2.45) is 5.92 Å². The number of fused-ring (bicyclic) bond motifs is 1. The van der Waals surface area contributed by atoms with Gasteiger partial charge in [0.1, 0.15) is 11.8 Å². The van der Waals surface area contributed by atoms with Gasteiger partial charge in [0, 0.05) is 12.4 Å². The van der Waals surface area contributed by atoms with Crippen LogP contribution in [0, 0.1) is 5.92 Å². The first kappa shape index (κ1) is 11.1. The maximum absolute atomic E-state index is 10.2. The summed E-state index contributed by atoms with van der Waals surface area (Å²) >= 11 is 0. The number of aromatic nitrogens is 2. The van der Waals surface area contributed by atoms with Crippen LogP contribution in [0.5, 0.6) is 0 Å². The normalized spacial score (nSPS) is 13.5. The molecule has 3 nitrogen and oxygen atoms in total.